The van der Waals surface area contributed by atoms with Gasteiger partial charge in [0.15, 0.2) is 0 Å². The Morgan fingerprint density at radius 3 is 2.03 bits per heavy atom. The lowest BCUT2D eigenvalue weighted by Crippen LogP contribution is -2.61. The third-order valence-electron chi connectivity index (χ3n) is 6.10. The Labute approximate surface area is 215 Å². The van der Waals surface area contributed by atoms with Crippen molar-refractivity contribution in [1.82, 2.24) is 14.7 Å². The number of piperazine rings is 1. The van der Waals surface area contributed by atoms with Crippen molar-refractivity contribution < 1.29 is 28.7 Å². The molecule has 3 amide bonds. The third-order valence-corrected chi connectivity index (χ3v) is 6.10. The number of hydrogen-bond acceptors (Lipinski definition) is 6. The number of rotatable bonds is 5. The van der Waals surface area contributed by atoms with Gasteiger partial charge in [0.1, 0.15) is 11.3 Å². The summed E-state index contributed by atoms with van der Waals surface area (Å²) in [5.74, 6) is 0.684. The molecule has 2 aliphatic heterocycles. The molecule has 0 atom stereocenters. The number of carbonyl (C=O) groups is 4. The largest absolute Gasteiger partial charge is 0.497 e. The maximum Gasteiger partial charge on any atom is 0.292 e. The number of hydrogen-bond donors (Lipinski definition) is 0. The van der Waals surface area contributed by atoms with E-state index in [1.165, 1.54) is 18.7 Å². The zero-order valence-corrected chi connectivity index (χ0v) is 22.3. The molecule has 2 heterocycles. The molecule has 0 unspecified atom stereocenters. The van der Waals surface area contributed by atoms with E-state index in [9.17, 15) is 14.4 Å². The minimum atomic E-state index is -0.686. The second-order valence-electron chi connectivity index (χ2n) is 8.39. The number of methoxy groups -OCH3 is 2. The zero-order chi connectivity index (χ0) is 27.1. The fraction of sp³-hybridized carbons (Fsp3) is 0.556. The Balaban J connectivity index is 0.000000358. The van der Waals surface area contributed by atoms with Gasteiger partial charge < -0.3 is 24.2 Å². The average Bonchev–Trinajstić information content (AvgIpc) is 3.50. The molecule has 9 nitrogen and oxygen atoms in total. The summed E-state index contributed by atoms with van der Waals surface area (Å²) in [6.45, 7) is 12.6. The van der Waals surface area contributed by atoms with Gasteiger partial charge in [0.25, 0.3) is 6.47 Å². The molecular formula is C27H41N3O6. The second-order valence-corrected chi connectivity index (χ2v) is 8.39. The molecule has 0 bridgehead atoms. The van der Waals surface area contributed by atoms with Gasteiger partial charge in [0, 0.05) is 26.2 Å². The van der Waals surface area contributed by atoms with Crippen molar-refractivity contribution in [2.75, 3.05) is 46.9 Å². The van der Waals surface area contributed by atoms with Crippen LogP contribution in [0, 0.1) is 6.92 Å². The van der Waals surface area contributed by atoms with Gasteiger partial charge in [-0.3, -0.25) is 19.2 Å². The van der Waals surface area contributed by atoms with Gasteiger partial charge in [-0.25, -0.2) is 0 Å². The molecule has 3 fully saturated rings. The summed E-state index contributed by atoms with van der Waals surface area (Å²) >= 11 is 0. The van der Waals surface area contributed by atoms with Crippen LogP contribution in [0.25, 0.3) is 0 Å². The highest BCUT2D eigenvalue weighted by Crippen LogP contribution is 2.45. The summed E-state index contributed by atoms with van der Waals surface area (Å²) in [6, 6.07) is 7.96. The molecule has 1 aromatic carbocycles. The van der Waals surface area contributed by atoms with Crippen molar-refractivity contribution in [3.63, 3.8) is 0 Å². The fourth-order valence-corrected chi connectivity index (χ4v) is 4.03. The summed E-state index contributed by atoms with van der Waals surface area (Å²) < 4.78 is 8.83. The summed E-state index contributed by atoms with van der Waals surface area (Å²) in [7, 11) is 2.98. The molecule has 9 heteroatoms. The highest BCUT2D eigenvalue weighted by Gasteiger charge is 2.59. The maximum atomic E-state index is 12.6. The first-order chi connectivity index (χ1) is 17.3. The number of nitrogens with zero attached hydrogens (tertiary/aromatic N) is 3. The molecule has 0 N–H and O–H groups in total. The van der Waals surface area contributed by atoms with E-state index in [4.69, 9.17) is 9.53 Å². The van der Waals surface area contributed by atoms with Crippen molar-refractivity contribution in [1.29, 1.82) is 0 Å². The number of benzene rings is 1. The van der Waals surface area contributed by atoms with Crippen molar-refractivity contribution in [2.24, 2.45) is 0 Å². The minimum absolute atomic E-state index is 0.0279. The van der Waals surface area contributed by atoms with Crippen LogP contribution in [0.15, 0.2) is 36.9 Å². The van der Waals surface area contributed by atoms with Crippen LogP contribution in [-0.2, 0) is 23.9 Å². The zero-order valence-electron chi connectivity index (χ0n) is 22.3. The topological polar surface area (TPSA) is 96.5 Å². The fourth-order valence-electron chi connectivity index (χ4n) is 4.03. The average molecular weight is 504 g/mol. The number of aryl methyl sites for hydroxylation is 1. The van der Waals surface area contributed by atoms with E-state index >= 15 is 0 Å². The molecule has 200 valence electrons. The first-order valence-electron chi connectivity index (χ1n) is 12.4. The van der Waals surface area contributed by atoms with Crippen molar-refractivity contribution >= 4 is 24.2 Å². The Bertz CT molecular complexity index is 861. The van der Waals surface area contributed by atoms with Crippen LogP contribution in [0.2, 0.25) is 0 Å². The van der Waals surface area contributed by atoms with Crippen LogP contribution in [0.1, 0.15) is 45.1 Å². The van der Waals surface area contributed by atoms with Gasteiger partial charge in [-0.05, 0) is 50.8 Å². The molecule has 36 heavy (non-hydrogen) atoms. The molecule has 2 saturated heterocycles. The highest BCUT2D eigenvalue weighted by molar-refractivity contribution is 5.99. The SMILES string of the molecule is C=CC(=O)N1CCN(CC(=O)N2CCCC2)C(=O)C12CC2.CC.COC=O.COc1ccc(C)cc1. The molecule has 1 spiro atoms. The van der Waals surface area contributed by atoms with Crippen LogP contribution < -0.4 is 4.74 Å². The van der Waals surface area contributed by atoms with Crippen LogP contribution in [0.3, 0.4) is 0 Å². The second kappa shape index (κ2) is 15.6. The number of likely N-dealkylation sites (tertiary alicyclic amines) is 1. The predicted molar refractivity (Wildman–Crippen MR) is 138 cm³/mol. The molecule has 1 aromatic rings. The van der Waals surface area contributed by atoms with E-state index in [-0.39, 0.29) is 24.3 Å². The normalized spacial score (nSPS) is 16.8. The molecule has 0 aromatic heterocycles. The molecule has 1 saturated carbocycles. The summed E-state index contributed by atoms with van der Waals surface area (Å²) in [5.41, 5.74) is 0.574. The van der Waals surface area contributed by atoms with Crippen molar-refractivity contribution in [2.45, 2.75) is 52.0 Å². The van der Waals surface area contributed by atoms with Crippen LogP contribution in [0.4, 0.5) is 0 Å². The smallest absolute Gasteiger partial charge is 0.292 e. The first-order valence-corrected chi connectivity index (χ1v) is 12.4. The van der Waals surface area contributed by atoms with Crippen LogP contribution >= 0.6 is 0 Å². The molecular weight excluding hydrogens is 462 g/mol. The minimum Gasteiger partial charge on any atom is -0.497 e. The van der Waals surface area contributed by atoms with Crippen molar-refractivity contribution in [3.05, 3.63) is 42.5 Å². The molecule has 1 aliphatic carbocycles. The van der Waals surface area contributed by atoms with Crippen LogP contribution in [-0.4, -0.2) is 91.4 Å². The van der Waals surface area contributed by atoms with E-state index < -0.39 is 5.54 Å². The predicted octanol–water partition coefficient (Wildman–Crippen LogP) is 2.82. The highest BCUT2D eigenvalue weighted by atomic mass is 16.5. The molecule has 4 rings (SSSR count). The van der Waals surface area contributed by atoms with E-state index in [0.29, 0.717) is 32.4 Å². The number of carbonyl (C=O) groups excluding carboxylic acids is 4. The van der Waals surface area contributed by atoms with Crippen molar-refractivity contribution in [3.8, 4) is 5.75 Å². The lowest BCUT2D eigenvalue weighted by molar-refractivity contribution is -0.154. The Morgan fingerprint density at radius 2 is 1.58 bits per heavy atom. The first kappa shape index (κ1) is 30.7. The van der Waals surface area contributed by atoms with E-state index in [2.05, 4.69) is 18.2 Å². The van der Waals surface area contributed by atoms with Gasteiger partial charge >= 0.3 is 0 Å². The van der Waals surface area contributed by atoms with Crippen LogP contribution in [0.5, 0.6) is 5.75 Å². The van der Waals surface area contributed by atoms with E-state index in [1.807, 2.05) is 43.0 Å². The standard InChI is InChI=1S/C15H21N3O3.C8H10O.C2H4O2.C2H6/c1-2-12(19)18-10-9-17(14(21)15(18)5-6-15)11-13(20)16-7-3-4-8-16;1-7-3-5-8(9-2)6-4-7;1-4-2-3;1-2/h2H,1,3-11H2;3-6H,1-2H3;2H,1H3;1-2H3. The molecule has 0 radical (unpaired) electrons. The Kier molecular flexibility index (Phi) is 13.3. The number of ether oxygens (including phenoxy) is 2. The summed E-state index contributed by atoms with van der Waals surface area (Å²) in [4.78, 5) is 50.7. The van der Waals surface area contributed by atoms with Gasteiger partial charge in [-0.1, -0.05) is 38.1 Å². The van der Waals surface area contributed by atoms with E-state index in [0.717, 1.165) is 31.7 Å². The Morgan fingerprint density at radius 1 is 1.03 bits per heavy atom. The summed E-state index contributed by atoms with van der Waals surface area (Å²) in [5, 5.41) is 0. The summed E-state index contributed by atoms with van der Waals surface area (Å²) in [6.07, 6.45) is 4.74. The number of amides is 3. The lowest BCUT2D eigenvalue weighted by atomic mass is 10.1. The maximum absolute atomic E-state index is 12.6. The lowest BCUT2D eigenvalue weighted by Gasteiger charge is -2.40. The van der Waals surface area contributed by atoms with Gasteiger partial charge in [0.2, 0.25) is 17.7 Å². The Hall–Kier alpha value is -3.36. The van der Waals surface area contributed by atoms with E-state index in [1.54, 1.807) is 16.9 Å². The van der Waals surface area contributed by atoms with Gasteiger partial charge in [-0.2, -0.15) is 0 Å². The third kappa shape index (κ3) is 8.39. The van der Waals surface area contributed by atoms with Gasteiger partial charge in [-0.15, -0.1) is 0 Å². The monoisotopic (exact) mass is 503 g/mol. The quantitative estimate of drug-likeness (QED) is 0.453. The van der Waals surface area contributed by atoms with Gasteiger partial charge in [0.05, 0.1) is 20.8 Å². The molecule has 3 aliphatic rings.